The molecule has 0 bridgehead atoms. The van der Waals surface area contributed by atoms with Crippen molar-refractivity contribution < 1.29 is 9.13 Å². The minimum absolute atomic E-state index is 0.169. The van der Waals surface area contributed by atoms with Crippen molar-refractivity contribution in [1.82, 2.24) is 0 Å². The number of nitrogens with zero attached hydrogens (tertiary/aromatic N) is 1. The fraction of sp³-hybridized carbons (Fsp3) is 0.182. The number of hydrogen-bond donors (Lipinski definition) is 0. The van der Waals surface area contributed by atoms with Gasteiger partial charge in [-0.3, -0.25) is 0 Å². The molecule has 0 saturated heterocycles. The van der Waals surface area contributed by atoms with Gasteiger partial charge in [0.1, 0.15) is 6.61 Å². The van der Waals surface area contributed by atoms with E-state index in [4.69, 9.17) is 10.00 Å². The van der Waals surface area contributed by atoms with Gasteiger partial charge in [-0.25, -0.2) is 4.39 Å². The normalized spacial score (nSPS) is 10.1. The van der Waals surface area contributed by atoms with Crippen LogP contribution in [0.15, 0.2) is 30.4 Å². The minimum Gasteiger partial charge on any atom is -0.486 e. The molecule has 2 nitrogen and oxygen atoms in total. The second-order valence-corrected chi connectivity index (χ2v) is 2.64. The van der Waals surface area contributed by atoms with Gasteiger partial charge in [0, 0.05) is 0 Å². The molecule has 1 rings (SSSR count). The number of halogens is 1. The maximum Gasteiger partial charge on any atom is 0.166 e. The summed E-state index contributed by atoms with van der Waals surface area (Å²) in [7, 11) is 0. The summed E-state index contributed by atoms with van der Waals surface area (Å²) >= 11 is 0. The van der Waals surface area contributed by atoms with Crippen LogP contribution >= 0.6 is 0 Å². The molecule has 0 fully saturated rings. The zero-order chi connectivity index (χ0) is 10.4. The first-order valence-electron chi connectivity index (χ1n) is 4.21. The second kappa shape index (κ2) is 5.03. The third kappa shape index (κ3) is 2.60. The van der Waals surface area contributed by atoms with Crippen LogP contribution in [0.5, 0.6) is 5.75 Å². The molecule has 14 heavy (non-hydrogen) atoms. The molecule has 0 aliphatic rings. The van der Waals surface area contributed by atoms with Crippen LogP contribution in [-0.4, -0.2) is 6.61 Å². The number of benzene rings is 1. The smallest absolute Gasteiger partial charge is 0.166 e. The molecule has 0 atom stereocenters. The van der Waals surface area contributed by atoms with Crippen molar-refractivity contribution in [3.05, 3.63) is 41.7 Å². The highest BCUT2D eigenvalue weighted by Crippen LogP contribution is 2.17. The van der Waals surface area contributed by atoms with Crippen LogP contribution in [-0.2, 0) is 0 Å². The number of allylic oxidation sites excluding steroid dienone is 1. The Kier molecular flexibility index (Phi) is 3.69. The lowest BCUT2D eigenvalue weighted by atomic mass is 10.2. The van der Waals surface area contributed by atoms with E-state index in [1.54, 1.807) is 6.08 Å². The SMILES string of the molecule is CC=CCOc1ccc(C#N)cc1F. The molecular formula is C11H10FNO. The van der Waals surface area contributed by atoms with Crippen molar-refractivity contribution in [1.29, 1.82) is 5.26 Å². The van der Waals surface area contributed by atoms with Gasteiger partial charge in [-0.1, -0.05) is 12.2 Å². The standard InChI is InChI=1S/C11H10FNO/c1-2-3-6-14-11-5-4-9(8-13)7-10(11)12/h2-5,7H,6H2,1H3. The Hall–Kier alpha value is -1.82. The van der Waals surface area contributed by atoms with Crippen LogP contribution in [0.4, 0.5) is 4.39 Å². The fourth-order valence-electron chi connectivity index (χ4n) is 0.922. The van der Waals surface area contributed by atoms with E-state index in [9.17, 15) is 4.39 Å². The van der Waals surface area contributed by atoms with E-state index in [2.05, 4.69) is 0 Å². The largest absolute Gasteiger partial charge is 0.486 e. The first-order chi connectivity index (χ1) is 6.77. The summed E-state index contributed by atoms with van der Waals surface area (Å²) in [4.78, 5) is 0. The number of rotatable bonds is 3. The first kappa shape index (κ1) is 10.3. The molecule has 1 aromatic rings. The summed E-state index contributed by atoms with van der Waals surface area (Å²) in [5, 5.41) is 8.50. The quantitative estimate of drug-likeness (QED) is 0.688. The maximum atomic E-state index is 13.2. The van der Waals surface area contributed by atoms with Crippen LogP contribution in [0.1, 0.15) is 12.5 Å². The van der Waals surface area contributed by atoms with Gasteiger partial charge >= 0.3 is 0 Å². The summed E-state index contributed by atoms with van der Waals surface area (Å²) in [6, 6.07) is 5.99. The topological polar surface area (TPSA) is 33.0 Å². The highest BCUT2D eigenvalue weighted by molar-refractivity contribution is 5.36. The minimum atomic E-state index is -0.506. The summed E-state index contributed by atoms with van der Waals surface area (Å²) in [6.45, 7) is 2.19. The summed E-state index contributed by atoms with van der Waals surface area (Å²) in [5.41, 5.74) is 0.292. The van der Waals surface area contributed by atoms with E-state index in [1.165, 1.54) is 12.1 Å². The highest BCUT2D eigenvalue weighted by Gasteiger charge is 2.03. The Morgan fingerprint density at radius 3 is 2.93 bits per heavy atom. The molecule has 0 aliphatic carbocycles. The van der Waals surface area contributed by atoms with Gasteiger partial charge in [-0.2, -0.15) is 5.26 Å². The average Bonchev–Trinajstić information content (AvgIpc) is 2.20. The van der Waals surface area contributed by atoms with Gasteiger partial charge in [0.25, 0.3) is 0 Å². The lowest BCUT2D eigenvalue weighted by Gasteiger charge is -2.03. The van der Waals surface area contributed by atoms with Crippen molar-refractivity contribution in [3.63, 3.8) is 0 Å². The van der Waals surface area contributed by atoms with Crippen molar-refractivity contribution in [2.75, 3.05) is 6.61 Å². The molecule has 0 aromatic heterocycles. The predicted octanol–water partition coefficient (Wildman–Crippen LogP) is 2.65. The van der Waals surface area contributed by atoms with Crippen molar-refractivity contribution in [3.8, 4) is 11.8 Å². The van der Waals surface area contributed by atoms with E-state index >= 15 is 0 Å². The Labute approximate surface area is 82.2 Å². The van der Waals surface area contributed by atoms with Gasteiger partial charge in [-0.05, 0) is 25.1 Å². The Morgan fingerprint density at radius 1 is 1.57 bits per heavy atom. The molecule has 0 saturated carbocycles. The Balaban J connectivity index is 2.75. The van der Waals surface area contributed by atoms with E-state index in [1.807, 2.05) is 19.1 Å². The van der Waals surface area contributed by atoms with Crippen LogP contribution in [0.25, 0.3) is 0 Å². The third-order valence-corrected chi connectivity index (χ3v) is 1.63. The van der Waals surface area contributed by atoms with Crippen LogP contribution in [0, 0.1) is 17.1 Å². The second-order valence-electron chi connectivity index (χ2n) is 2.64. The highest BCUT2D eigenvalue weighted by atomic mass is 19.1. The molecule has 0 aliphatic heterocycles. The zero-order valence-electron chi connectivity index (χ0n) is 7.83. The summed E-state index contributed by atoms with van der Waals surface area (Å²) in [6.07, 6.45) is 3.60. The van der Waals surface area contributed by atoms with Crippen LogP contribution < -0.4 is 4.74 Å². The fourth-order valence-corrected chi connectivity index (χ4v) is 0.922. The average molecular weight is 191 g/mol. The Bertz CT molecular complexity index is 379. The number of ether oxygens (including phenoxy) is 1. The summed E-state index contributed by atoms with van der Waals surface area (Å²) in [5.74, 6) is -0.337. The molecule has 0 radical (unpaired) electrons. The molecule has 0 N–H and O–H groups in total. The molecular weight excluding hydrogens is 181 g/mol. The number of hydrogen-bond acceptors (Lipinski definition) is 2. The monoisotopic (exact) mass is 191 g/mol. The molecule has 72 valence electrons. The predicted molar refractivity (Wildman–Crippen MR) is 51.4 cm³/mol. The first-order valence-corrected chi connectivity index (χ1v) is 4.21. The number of nitriles is 1. The molecule has 0 unspecified atom stereocenters. The van der Waals surface area contributed by atoms with E-state index in [-0.39, 0.29) is 5.75 Å². The van der Waals surface area contributed by atoms with Crippen molar-refractivity contribution in [2.45, 2.75) is 6.92 Å². The molecule has 0 heterocycles. The van der Waals surface area contributed by atoms with Crippen molar-refractivity contribution >= 4 is 0 Å². The van der Waals surface area contributed by atoms with Gasteiger partial charge in [0.05, 0.1) is 11.6 Å². The third-order valence-electron chi connectivity index (χ3n) is 1.63. The van der Waals surface area contributed by atoms with E-state index in [0.717, 1.165) is 6.07 Å². The molecule has 0 spiro atoms. The molecule has 1 aromatic carbocycles. The van der Waals surface area contributed by atoms with Gasteiger partial charge in [0.2, 0.25) is 0 Å². The summed E-state index contributed by atoms with van der Waals surface area (Å²) < 4.78 is 18.3. The van der Waals surface area contributed by atoms with Gasteiger partial charge in [0.15, 0.2) is 11.6 Å². The van der Waals surface area contributed by atoms with Gasteiger partial charge in [-0.15, -0.1) is 0 Å². The van der Waals surface area contributed by atoms with E-state index < -0.39 is 5.82 Å². The Morgan fingerprint density at radius 2 is 2.36 bits per heavy atom. The van der Waals surface area contributed by atoms with Crippen LogP contribution in [0.3, 0.4) is 0 Å². The maximum absolute atomic E-state index is 13.2. The lowest BCUT2D eigenvalue weighted by Crippen LogP contribution is -1.96. The lowest BCUT2D eigenvalue weighted by molar-refractivity contribution is 0.341. The molecule has 0 amide bonds. The van der Waals surface area contributed by atoms with E-state index in [0.29, 0.717) is 12.2 Å². The zero-order valence-corrected chi connectivity index (χ0v) is 7.83. The molecule has 3 heteroatoms. The van der Waals surface area contributed by atoms with Gasteiger partial charge < -0.3 is 4.74 Å². The van der Waals surface area contributed by atoms with Crippen molar-refractivity contribution in [2.24, 2.45) is 0 Å². The van der Waals surface area contributed by atoms with Crippen LogP contribution in [0.2, 0.25) is 0 Å².